The molecule has 1 heterocycles. The van der Waals surface area contributed by atoms with Gasteiger partial charge in [-0.3, -0.25) is 4.63 Å². The number of aromatic nitrogens is 2. The summed E-state index contributed by atoms with van der Waals surface area (Å²) >= 11 is 0. The van der Waals surface area contributed by atoms with Crippen molar-refractivity contribution >= 4 is 21.8 Å². The van der Waals surface area contributed by atoms with Crippen LogP contribution in [0.3, 0.4) is 0 Å². The van der Waals surface area contributed by atoms with Crippen molar-refractivity contribution in [3.63, 3.8) is 0 Å². The molecule has 0 saturated carbocycles. The van der Waals surface area contributed by atoms with Gasteiger partial charge in [0.2, 0.25) is 11.0 Å². The SMILES string of the molecule is [O-][n+]1onc2cc3ccccc3cc21. The van der Waals surface area contributed by atoms with Crippen LogP contribution in [0.4, 0.5) is 0 Å². The fourth-order valence-corrected chi connectivity index (χ4v) is 1.56. The number of hydrogen-bond acceptors (Lipinski definition) is 3. The summed E-state index contributed by atoms with van der Waals surface area (Å²) in [6.45, 7) is 0. The molecular formula is C10H6N2O2. The normalized spacial score (nSPS) is 11.1. The van der Waals surface area contributed by atoms with Crippen LogP contribution in [-0.4, -0.2) is 5.16 Å². The number of nitrogens with zero attached hydrogens (tertiary/aromatic N) is 2. The van der Waals surface area contributed by atoms with Crippen LogP contribution in [-0.2, 0) is 0 Å². The molecule has 0 spiro atoms. The van der Waals surface area contributed by atoms with Gasteiger partial charge in [-0.2, -0.15) is 0 Å². The van der Waals surface area contributed by atoms with Crippen LogP contribution in [0.5, 0.6) is 0 Å². The third-order valence-electron chi connectivity index (χ3n) is 2.25. The minimum absolute atomic E-state index is 0.418. The second-order valence-corrected chi connectivity index (χ2v) is 3.12. The van der Waals surface area contributed by atoms with E-state index >= 15 is 0 Å². The van der Waals surface area contributed by atoms with Crippen LogP contribution in [0, 0.1) is 5.21 Å². The fraction of sp³-hybridized carbons (Fsp3) is 0. The van der Waals surface area contributed by atoms with Gasteiger partial charge in [0.1, 0.15) is 0 Å². The zero-order valence-corrected chi connectivity index (χ0v) is 7.18. The number of rotatable bonds is 0. The predicted molar refractivity (Wildman–Crippen MR) is 50.5 cm³/mol. The third-order valence-corrected chi connectivity index (χ3v) is 2.25. The van der Waals surface area contributed by atoms with Crippen LogP contribution < -0.4 is 4.90 Å². The molecular weight excluding hydrogens is 180 g/mol. The van der Waals surface area contributed by atoms with E-state index < -0.39 is 0 Å². The van der Waals surface area contributed by atoms with Crippen molar-refractivity contribution in [2.75, 3.05) is 0 Å². The highest BCUT2D eigenvalue weighted by Crippen LogP contribution is 2.18. The Labute approximate surface area is 78.9 Å². The minimum Gasteiger partial charge on any atom is -0.359 e. The summed E-state index contributed by atoms with van der Waals surface area (Å²) in [5, 5.41) is 16.8. The highest BCUT2D eigenvalue weighted by atomic mass is 16.8. The molecule has 14 heavy (non-hydrogen) atoms. The lowest BCUT2D eigenvalue weighted by molar-refractivity contribution is -0.782. The Bertz CT molecular complexity index is 616. The van der Waals surface area contributed by atoms with Gasteiger partial charge < -0.3 is 5.21 Å². The smallest absolute Gasteiger partial charge is 0.249 e. The van der Waals surface area contributed by atoms with E-state index in [4.69, 9.17) is 0 Å². The maximum absolute atomic E-state index is 11.1. The standard InChI is InChI=1S/C10H6N2O2/c13-12-10-6-8-4-2-1-3-7(8)5-9(10)11-14-12/h1-6H. The Balaban J connectivity index is 2.54. The molecule has 0 aliphatic heterocycles. The molecule has 3 rings (SSSR count). The van der Waals surface area contributed by atoms with E-state index in [2.05, 4.69) is 9.79 Å². The van der Waals surface area contributed by atoms with Crippen molar-refractivity contribution in [1.29, 1.82) is 0 Å². The highest BCUT2D eigenvalue weighted by molar-refractivity contribution is 5.93. The van der Waals surface area contributed by atoms with Gasteiger partial charge in [0, 0.05) is 17.3 Å². The lowest BCUT2D eigenvalue weighted by Gasteiger charge is -1.93. The largest absolute Gasteiger partial charge is 0.359 e. The van der Waals surface area contributed by atoms with Crippen molar-refractivity contribution < 1.29 is 9.53 Å². The van der Waals surface area contributed by atoms with Crippen LogP contribution in [0.15, 0.2) is 41.0 Å². The van der Waals surface area contributed by atoms with Gasteiger partial charge in [0.15, 0.2) is 0 Å². The summed E-state index contributed by atoms with van der Waals surface area (Å²) in [5.41, 5.74) is 1.04. The van der Waals surface area contributed by atoms with Crippen molar-refractivity contribution in [1.82, 2.24) is 5.16 Å². The summed E-state index contributed by atoms with van der Waals surface area (Å²) in [5.74, 6) is 0. The monoisotopic (exact) mass is 186 g/mol. The molecule has 0 bridgehead atoms. The van der Waals surface area contributed by atoms with Gasteiger partial charge in [-0.15, -0.1) is 0 Å². The molecule has 4 nitrogen and oxygen atoms in total. The van der Waals surface area contributed by atoms with E-state index in [9.17, 15) is 5.21 Å². The first kappa shape index (κ1) is 7.32. The van der Waals surface area contributed by atoms with E-state index in [0.717, 1.165) is 10.8 Å². The average molecular weight is 186 g/mol. The molecule has 2 aromatic carbocycles. The van der Waals surface area contributed by atoms with E-state index in [1.165, 1.54) is 0 Å². The van der Waals surface area contributed by atoms with Crippen LogP contribution in [0.2, 0.25) is 0 Å². The molecule has 4 heteroatoms. The topological polar surface area (TPSA) is 53.0 Å². The summed E-state index contributed by atoms with van der Waals surface area (Å²) in [7, 11) is 0. The summed E-state index contributed by atoms with van der Waals surface area (Å²) in [6, 6.07) is 11.4. The zero-order valence-electron chi connectivity index (χ0n) is 7.18. The van der Waals surface area contributed by atoms with E-state index in [1.54, 1.807) is 6.07 Å². The quantitative estimate of drug-likeness (QED) is 0.501. The van der Waals surface area contributed by atoms with Crippen molar-refractivity contribution in [3.05, 3.63) is 41.6 Å². The Morgan fingerprint density at radius 2 is 1.86 bits per heavy atom. The highest BCUT2D eigenvalue weighted by Gasteiger charge is 2.09. The molecule has 3 aromatic rings. The Morgan fingerprint density at radius 1 is 1.14 bits per heavy atom. The van der Waals surface area contributed by atoms with Crippen molar-refractivity contribution in [2.24, 2.45) is 0 Å². The van der Waals surface area contributed by atoms with Crippen molar-refractivity contribution in [3.8, 4) is 0 Å². The first-order chi connectivity index (χ1) is 6.84. The fourth-order valence-electron chi connectivity index (χ4n) is 1.56. The second kappa shape index (κ2) is 2.45. The van der Waals surface area contributed by atoms with Crippen LogP contribution in [0.25, 0.3) is 21.8 Å². The maximum atomic E-state index is 11.1. The van der Waals surface area contributed by atoms with Crippen molar-refractivity contribution in [2.45, 2.75) is 0 Å². The molecule has 0 aliphatic rings. The Morgan fingerprint density at radius 3 is 2.64 bits per heavy atom. The lowest BCUT2D eigenvalue weighted by Crippen LogP contribution is -2.22. The van der Waals surface area contributed by atoms with E-state index in [0.29, 0.717) is 15.9 Å². The lowest BCUT2D eigenvalue weighted by atomic mass is 10.1. The second-order valence-electron chi connectivity index (χ2n) is 3.12. The summed E-state index contributed by atoms with van der Waals surface area (Å²) < 4.78 is 4.50. The molecule has 0 amide bonds. The van der Waals surface area contributed by atoms with Gasteiger partial charge in [0.25, 0.3) is 0 Å². The van der Waals surface area contributed by atoms with Gasteiger partial charge in [-0.1, -0.05) is 24.3 Å². The molecule has 0 N–H and O–H groups in total. The minimum atomic E-state index is 0.418. The van der Waals surface area contributed by atoms with Gasteiger partial charge in [-0.05, 0) is 15.7 Å². The first-order valence-electron chi connectivity index (χ1n) is 4.23. The van der Waals surface area contributed by atoms with E-state index in [1.807, 2.05) is 30.3 Å². The molecule has 68 valence electrons. The van der Waals surface area contributed by atoms with Crippen LogP contribution in [0.1, 0.15) is 0 Å². The Kier molecular flexibility index (Phi) is 1.28. The Hall–Kier alpha value is -2.10. The predicted octanol–water partition coefficient (Wildman–Crippen LogP) is 1.61. The average Bonchev–Trinajstić information content (AvgIpc) is 2.57. The molecule has 0 saturated heterocycles. The molecule has 1 aromatic heterocycles. The van der Waals surface area contributed by atoms with Gasteiger partial charge in [-0.25, -0.2) is 0 Å². The zero-order chi connectivity index (χ0) is 9.54. The van der Waals surface area contributed by atoms with Gasteiger partial charge in [0.05, 0.1) is 0 Å². The number of hydrogen-bond donors (Lipinski definition) is 0. The first-order valence-corrected chi connectivity index (χ1v) is 4.23. The van der Waals surface area contributed by atoms with Crippen LogP contribution >= 0.6 is 0 Å². The molecule has 0 unspecified atom stereocenters. The number of benzene rings is 2. The molecule has 0 radical (unpaired) electrons. The summed E-state index contributed by atoms with van der Waals surface area (Å²) in [4.78, 5) is 0.418. The molecule has 0 aliphatic carbocycles. The third kappa shape index (κ3) is 0.877. The molecule has 0 atom stereocenters. The number of fused-ring (bicyclic) bond motifs is 2. The van der Waals surface area contributed by atoms with Gasteiger partial charge >= 0.3 is 0 Å². The maximum Gasteiger partial charge on any atom is 0.249 e. The summed E-state index contributed by atoms with van der Waals surface area (Å²) in [6.07, 6.45) is 0. The van der Waals surface area contributed by atoms with E-state index in [-0.39, 0.29) is 0 Å². The molecule has 0 fully saturated rings.